The second kappa shape index (κ2) is 9.13. The standard InChI is InChI=1S/C20H16BrClF3N3O2S/c1-9(2)16-15(10-4-5-14(22)13(6-10)20(23,24)25)27-19(31-16)28-17-12(18(29)30-3)7-11(21)8-26-17/h4-9H,1-3H3,(H,26,27,28). The van der Waals surface area contributed by atoms with E-state index in [0.29, 0.717) is 20.9 Å². The van der Waals surface area contributed by atoms with Crippen LogP contribution < -0.4 is 5.32 Å². The van der Waals surface area contributed by atoms with Crippen molar-refractivity contribution in [2.24, 2.45) is 0 Å². The summed E-state index contributed by atoms with van der Waals surface area (Å²) in [5.74, 6) is -0.381. The van der Waals surface area contributed by atoms with Crippen LogP contribution in [0.25, 0.3) is 11.3 Å². The molecule has 3 aromatic rings. The first kappa shape index (κ1) is 23.5. The lowest BCUT2D eigenvalue weighted by Gasteiger charge is -2.11. The quantitative estimate of drug-likeness (QED) is 0.348. The zero-order valence-corrected chi connectivity index (χ0v) is 19.6. The summed E-state index contributed by atoms with van der Waals surface area (Å²) in [6.07, 6.45) is -3.08. The molecule has 164 valence electrons. The molecule has 2 heterocycles. The Labute approximate surface area is 193 Å². The van der Waals surface area contributed by atoms with Gasteiger partial charge in [-0.1, -0.05) is 31.5 Å². The van der Waals surface area contributed by atoms with Crippen LogP contribution in [0.1, 0.15) is 40.6 Å². The summed E-state index contributed by atoms with van der Waals surface area (Å²) in [5, 5.41) is 2.98. The van der Waals surface area contributed by atoms with E-state index in [2.05, 4.69) is 31.2 Å². The van der Waals surface area contributed by atoms with E-state index in [1.54, 1.807) is 6.07 Å². The Morgan fingerprint density at radius 3 is 2.61 bits per heavy atom. The van der Waals surface area contributed by atoms with Crippen LogP contribution in [0.2, 0.25) is 5.02 Å². The maximum Gasteiger partial charge on any atom is 0.417 e. The van der Waals surface area contributed by atoms with E-state index in [1.165, 1.54) is 36.8 Å². The Morgan fingerprint density at radius 1 is 1.29 bits per heavy atom. The Bertz CT molecular complexity index is 1140. The van der Waals surface area contributed by atoms with Gasteiger partial charge in [-0.25, -0.2) is 14.8 Å². The average molecular weight is 535 g/mol. The van der Waals surface area contributed by atoms with Crippen LogP contribution in [0.3, 0.4) is 0 Å². The number of hydrogen-bond acceptors (Lipinski definition) is 6. The minimum Gasteiger partial charge on any atom is -0.465 e. The largest absolute Gasteiger partial charge is 0.465 e. The molecule has 0 aliphatic rings. The summed E-state index contributed by atoms with van der Waals surface area (Å²) in [6, 6.07) is 5.25. The van der Waals surface area contributed by atoms with Crippen molar-refractivity contribution >= 4 is 55.8 Å². The van der Waals surface area contributed by atoms with Crippen LogP contribution >= 0.6 is 38.9 Å². The Kier molecular flexibility index (Phi) is 6.92. The summed E-state index contributed by atoms with van der Waals surface area (Å²) < 4.78 is 45.3. The van der Waals surface area contributed by atoms with Gasteiger partial charge in [0.1, 0.15) is 11.4 Å². The van der Waals surface area contributed by atoms with Crippen molar-refractivity contribution in [3.63, 3.8) is 0 Å². The highest BCUT2D eigenvalue weighted by atomic mass is 79.9. The van der Waals surface area contributed by atoms with E-state index in [-0.39, 0.29) is 22.3 Å². The molecule has 1 aromatic carbocycles. The van der Waals surface area contributed by atoms with E-state index in [9.17, 15) is 18.0 Å². The normalized spacial score (nSPS) is 11.6. The lowest BCUT2D eigenvalue weighted by Crippen LogP contribution is -2.07. The van der Waals surface area contributed by atoms with Crippen LogP contribution in [-0.2, 0) is 10.9 Å². The molecule has 0 saturated carbocycles. The fourth-order valence-electron chi connectivity index (χ4n) is 2.78. The molecule has 0 amide bonds. The second-order valence-corrected chi connectivity index (χ2v) is 9.10. The maximum atomic E-state index is 13.3. The lowest BCUT2D eigenvalue weighted by atomic mass is 10.0. The second-order valence-electron chi connectivity index (χ2n) is 6.75. The van der Waals surface area contributed by atoms with Crippen LogP contribution in [0.15, 0.2) is 34.9 Å². The zero-order valence-electron chi connectivity index (χ0n) is 16.5. The number of nitrogens with one attached hydrogen (secondary N) is 1. The molecule has 0 radical (unpaired) electrons. The third kappa shape index (κ3) is 5.19. The number of benzene rings is 1. The van der Waals surface area contributed by atoms with E-state index in [0.717, 1.165) is 10.9 Å². The molecule has 0 bridgehead atoms. The van der Waals surface area contributed by atoms with Gasteiger partial charge in [0.2, 0.25) is 0 Å². The summed E-state index contributed by atoms with van der Waals surface area (Å²) in [7, 11) is 1.25. The topological polar surface area (TPSA) is 64.1 Å². The van der Waals surface area contributed by atoms with E-state index in [4.69, 9.17) is 16.3 Å². The fourth-order valence-corrected chi connectivity index (χ4v) is 4.32. The third-order valence-electron chi connectivity index (χ3n) is 4.21. The molecule has 0 aliphatic heterocycles. The Morgan fingerprint density at radius 2 is 2.00 bits per heavy atom. The molecule has 31 heavy (non-hydrogen) atoms. The number of hydrogen-bond donors (Lipinski definition) is 1. The molecule has 0 fully saturated rings. The fraction of sp³-hybridized carbons (Fsp3) is 0.250. The third-order valence-corrected chi connectivity index (χ3v) is 6.24. The zero-order chi connectivity index (χ0) is 22.9. The maximum absolute atomic E-state index is 13.3. The summed E-state index contributed by atoms with van der Waals surface area (Å²) >= 11 is 10.3. The van der Waals surface area contributed by atoms with Crippen molar-refractivity contribution < 1.29 is 22.7 Å². The predicted molar refractivity (Wildman–Crippen MR) is 118 cm³/mol. The number of nitrogens with zero attached hydrogens (tertiary/aromatic N) is 2. The first-order chi connectivity index (χ1) is 14.5. The molecule has 0 unspecified atom stereocenters. The predicted octanol–water partition coefficient (Wildman–Crippen LogP) is 7.29. The molecule has 11 heteroatoms. The van der Waals surface area contributed by atoms with Crippen molar-refractivity contribution in [3.8, 4) is 11.3 Å². The number of methoxy groups -OCH3 is 1. The number of aromatic nitrogens is 2. The molecule has 2 aromatic heterocycles. The number of alkyl halides is 3. The van der Waals surface area contributed by atoms with Gasteiger partial charge in [-0.05, 0) is 40.0 Å². The van der Waals surface area contributed by atoms with Gasteiger partial charge in [0.15, 0.2) is 5.13 Å². The highest BCUT2D eigenvalue weighted by molar-refractivity contribution is 9.10. The Balaban J connectivity index is 2.07. The van der Waals surface area contributed by atoms with Crippen molar-refractivity contribution in [3.05, 3.63) is 56.0 Å². The number of rotatable bonds is 5. The van der Waals surface area contributed by atoms with E-state index >= 15 is 0 Å². The highest BCUT2D eigenvalue weighted by Gasteiger charge is 2.34. The number of carbonyl (C=O) groups is 1. The minimum absolute atomic E-state index is 0.00832. The van der Waals surface area contributed by atoms with Crippen molar-refractivity contribution in [2.45, 2.75) is 25.9 Å². The Hall–Kier alpha value is -2.17. The van der Waals surface area contributed by atoms with Gasteiger partial charge < -0.3 is 10.1 Å². The monoisotopic (exact) mass is 533 g/mol. The van der Waals surface area contributed by atoms with Gasteiger partial charge >= 0.3 is 12.1 Å². The van der Waals surface area contributed by atoms with Crippen molar-refractivity contribution in [1.29, 1.82) is 0 Å². The van der Waals surface area contributed by atoms with Crippen LogP contribution in [0, 0.1) is 0 Å². The molecular weight excluding hydrogens is 519 g/mol. The number of anilines is 2. The number of carbonyl (C=O) groups excluding carboxylic acids is 1. The molecule has 1 N–H and O–H groups in total. The first-order valence-corrected chi connectivity index (χ1v) is 10.9. The molecular formula is C20H16BrClF3N3O2S. The number of thiazole rings is 1. The van der Waals surface area contributed by atoms with Crippen LogP contribution in [-0.4, -0.2) is 23.0 Å². The molecule has 3 rings (SSSR count). The van der Waals surface area contributed by atoms with Gasteiger partial charge in [-0.15, -0.1) is 11.3 Å². The summed E-state index contributed by atoms with van der Waals surface area (Å²) in [6.45, 7) is 3.83. The van der Waals surface area contributed by atoms with Crippen molar-refractivity contribution in [1.82, 2.24) is 9.97 Å². The molecule has 0 spiro atoms. The van der Waals surface area contributed by atoms with Gasteiger partial charge in [0.25, 0.3) is 0 Å². The van der Waals surface area contributed by atoms with Gasteiger partial charge in [0.05, 0.1) is 23.4 Å². The average Bonchev–Trinajstić information content (AvgIpc) is 3.12. The number of halogens is 5. The van der Waals surface area contributed by atoms with Crippen LogP contribution in [0.4, 0.5) is 24.1 Å². The lowest BCUT2D eigenvalue weighted by molar-refractivity contribution is -0.137. The van der Waals surface area contributed by atoms with Gasteiger partial charge in [-0.3, -0.25) is 0 Å². The van der Waals surface area contributed by atoms with E-state index in [1.807, 2.05) is 13.8 Å². The summed E-state index contributed by atoms with van der Waals surface area (Å²) in [5.41, 5.74) is -0.0416. The molecule has 0 aliphatic carbocycles. The number of esters is 1. The first-order valence-electron chi connectivity index (χ1n) is 8.90. The van der Waals surface area contributed by atoms with Crippen molar-refractivity contribution in [2.75, 3.05) is 12.4 Å². The molecule has 0 saturated heterocycles. The van der Waals surface area contributed by atoms with Gasteiger partial charge in [-0.2, -0.15) is 13.2 Å². The van der Waals surface area contributed by atoms with Crippen LogP contribution in [0.5, 0.6) is 0 Å². The molecule has 5 nitrogen and oxygen atoms in total. The SMILES string of the molecule is COC(=O)c1cc(Br)cnc1Nc1nc(-c2ccc(Cl)c(C(F)(F)F)c2)c(C(C)C)s1. The van der Waals surface area contributed by atoms with Gasteiger partial charge in [0, 0.05) is 21.1 Å². The number of ether oxygens (including phenoxy) is 1. The smallest absolute Gasteiger partial charge is 0.417 e. The molecule has 0 atom stereocenters. The highest BCUT2D eigenvalue weighted by Crippen LogP contribution is 2.41. The van der Waals surface area contributed by atoms with E-state index < -0.39 is 17.7 Å². The number of pyridine rings is 1. The minimum atomic E-state index is -4.58. The summed E-state index contributed by atoms with van der Waals surface area (Å²) in [4.78, 5) is 21.5.